The number of piperidine rings is 1. The van der Waals surface area contributed by atoms with E-state index in [1.807, 2.05) is 0 Å². The summed E-state index contributed by atoms with van der Waals surface area (Å²) < 4.78 is 19.2. The minimum atomic E-state index is -0.751. The van der Waals surface area contributed by atoms with Crippen molar-refractivity contribution in [1.82, 2.24) is 10.2 Å². The number of amides is 3. The van der Waals surface area contributed by atoms with E-state index >= 15 is 0 Å². The van der Waals surface area contributed by atoms with Gasteiger partial charge >= 0.3 is 6.09 Å². The van der Waals surface area contributed by atoms with Crippen molar-refractivity contribution in [2.24, 2.45) is 5.92 Å². The fraction of sp³-hybridized carbons (Fsp3) is 0.481. The predicted octanol–water partition coefficient (Wildman–Crippen LogP) is 4.05. The summed E-state index contributed by atoms with van der Waals surface area (Å²) in [6.45, 7) is 12.6. The van der Waals surface area contributed by atoms with Crippen molar-refractivity contribution < 1.29 is 28.3 Å². The van der Waals surface area contributed by atoms with Crippen molar-refractivity contribution in [1.29, 1.82) is 0 Å². The van der Waals surface area contributed by atoms with E-state index in [1.165, 1.54) is 29.2 Å². The number of carbonyl (C=O) groups excluding carboxylic acids is 4. The number of rotatable bonds is 4. The van der Waals surface area contributed by atoms with E-state index < -0.39 is 46.6 Å². The first-order chi connectivity index (χ1) is 16.6. The minimum absolute atomic E-state index is 0.0823. The van der Waals surface area contributed by atoms with Gasteiger partial charge in [0.15, 0.2) is 0 Å². The Kier molecular flexibility index (Phi) is 7.43. The van der Waals surface area contributed by atoms with Crippen LogP contribution in [-0.2, 0) is 19.1 Å². The molecule has 9 heteroatoms. The van der Waals surface area contributed by atoms with Crippen LogP contribution in [0.3, 0.4) is 0 Å². The van der Waals surface area contributed by atoms with Gasteiger partial charge in [0.1, 0.15) is 11.4 Å². The lowest BCUT2D eigenvalue weighted by Crippen LogP contribution is -2.46. The summed E-state index contributed by atoms with van der Waals surface area (Å²) in [4.78, 5) is 53.2. The second kappa shape index (κ2) is 9.87. The van der Waals surface area contributed by atoms with Gasteiger partial charge in [0.2, 0.25) is 5.78 Å². The van der Waals surface area contributed by atoms with E-state index in [0.29, 0.717) is 29.8 Å². The largest absolute Gasteiger partial charge is 0.444 e. The zero-order chi connectivity index (χ0) is 27.0. The highest BCUT2D eigenvalue weighted by molar-refractivity contribution is 6.43. The van der Waals surface area contributed by atoms with Gasteiger partial charge in [-0.2, -0.15) is 0 Å². The van der Waals surface area contributed by atoms with Crippen molar-refractivity contribution in [3.63, 3.8) is 0 Å². The number of likely N-dealkylation sites (tertiary alicyclic amines) is 1. The van der Waals surface area contributed by atoms with Crippen LogP contribution in [0.5, 0.6) is 0 Å². The van der Waals surface area contributed by atoms with Crippen LogP contribution in [0.4, 0.5) is 14.9 Å². The number of fused-ring (bicyclic) bond motifs is 1. The van der Waals surface area contributed by atoms with Crippen LogP contribution in [-0.4, -0.2) is 52.8 Å². The molecule has 8 nitrogen and oxygen atoms in total. The van der Waals surface area contributed by atoms with Gasteiger partial charge in [-0.15, -0.1) is 0 Å². The highest BCUT2D eigenvalue weighted by Gasteiger charge is 2.41. The number of Topliss-reactive ketones (excluding diaryl/α,β-unsaturated/α-hetero) is 1. The van der Waals surface area contributed by atoms with Crippen LogP contribution in [0, 0.1) is 18.7 Å². The third-order valence-electron chi connectivity index (χ3n) is 5.76. The average molecular weight is 500 g/mol. The van der Waals surface area contributed by atoms with Gasteiger partial charge < -0.3 is 20.3 Å². The van der Waals surface area contributed by atoms with Crippen LogP contribution >= 0.6 is 0 Å². The zero-order valence-corrected chi connectivity index (χ0v) is 21.9. The average Bonchev–Trinajstić information content (AvgIpc) is 3.12. The Bertz CT molecular complexity index is 1170. The predicted molar refractivity (Wildman–Crippen MR) is 134 cm³/mol. The molecule has 3 amide bonds. The number of ether oxygens (including phenoxy) is 1. The fourth-order valence-electron chi connectivity index (χ4n) is 4.19. The topological polar surface area (TPSA) is 105 Å². The molecule has 0 bridgehead atoms. The van der Waals surface area contributed by atoms with Crippen molar-refractivity contribution in [3.8, 4) is 0 Å². The summed E-state index contributed by atoms with van der Waals surface area (Å²) >= 11 is 0. The third kappa shape index (κ3) is 6.38. The smallest absolute Gasteiger partial charge is 0.410 e. The quantitative estimate of drug-likeness (QED) is 0.608. The van der Waals surface area contributed by atoms with Crippen LogP contribution in [0.25, 0.3) is 0 Å². The lowest BCUT2D eigenvalue weighted by Gasteiger charge is -2.34. The van der Waals surface area contributed by atoms with Gasteiger partial charge in [0.05, 0.1) is 0 Å². The molecule has 0 aromatic heterocycles. The molecule has 1 unspecified atom stereocenters. The van der Waals surface area contributed by atoms with Crippen molar-refractivity contribution >= 4 is 29.4 Å². The number of hydrogen-bond acceptors (Lipinski definition) is 5. The van der Waals surface area contributed by atoms with Gasteiger partial charge in [-0.05, 0) is 90.3 Å². The van der Waals surface area contributed by atoms with E-state index in [4.69, 9.17) is 4.74 Å². The Morgan fingerprint density at radius 1 is 1.08 bits per heavy atom. The highest BCUT2D eigenvalue weighted by atomic mass is 19.1. The molecule has 3 rings (SSSR count). The maximum Gasteiger partial charge on any atom is 0.410 e. The van der Waals surface area contributed by atoms with Crippen LogP contribution in [0.1, 0.15) is 53.5 Å². The summed E-state index contributed by atoms with van der Waals surface area (Å²) in [6.07, 6.45) is 1.28. The van der Waals surface area contributed by atoms with E-state index in [1.54, 1.807) is 48.5 Å². The van der Waals surface area contributed by atoms with Crippen molar-refractivity contribution in [3.05, 3.63) is 52.4 Å². The Morgan fingerprint density at radius 3 is 2.33 bits per heavy atom. The van der Waals surface area contributed by atoms with Gasteiger partial charge in [-0.3, -0.25) is 14.4 Å². The monoisotopic (exact) mass is 499 g/mol. The molecule has 194 valence electrons. The summed E-state index contributed by atoms with van der Waals surface area (Å²) in [7, 11) is 0. The lowest BCUT2D eigenvalue weighted by atomic mass is 9.86. The molecular weight excluding hydrogens is 465 g/mol. The number of ketones is 1. The van der Waals surface area contributed by atoms with Gasteiger partial charge in [-0.25, -0.2) is 9.18 Å². The summed E-state index contributed by atoms with van der Waals surface area (Å²) in [6, 6.07) is 4.20. The molecule has 1 saturated heterocycles. The number of benzene rings is 1. The first kappa shape index (κ1) is 27.1. The second-order valence-corrected chi connectivity index (χ2v) is 11.2. The number of anilines is 1. The van der Waals surface area contributed by atoms with Crippen molar-refractivity contribution in [2.45, 2.75) is 66.0 Å². The standard InChI is InChI=1S/C27H34FN3O5/c1-15-12-16(8-9-21(15)28)29-23(33)19-13-18(22(32)24(34)30-26(2,3)4)17-10-11-31(14-20(17)19)25(35)36-27(5,6)7/h8-9,12-13,17H,10-11,14H2,1-7H3,(H,29,33)(H,30,34). The molecule has 1 aromatic rings. The minimum Gasteiger partial charge on any atom is -0.444 e. The van der Waals surface area contributed by atoms with E-state index in [9.17, 15) is 23.6 Å². The SMILES string of the molecule is Cc1cc(NC(=O)C2=C3CN(C(=O)OC(C)(C)C)CCC3C(C(=O)C(=O)NC(C)(C)C)=C2)ccc1F. The van der Waals surface area contributed by atoms with Gasteiger partial charge in [0.25, 0.3) is 11.8 Å². The maximum atomic E-state index is 13.7. The fourth-order valence-corrected chi connectivity index (χ4v) is 4.19. The normalized spacial score (nSPS) is 17.8. The molecule has 1 atom stereocenters. The maximum absolute atomic E-state index is 13.7. The number of hydrogen-bond donors (Lipinski definition) is 2. The van der Waals surface area contributed by atoms with Crippen LogP contribution in [0.15, 0.2) is 41.0 Å². The number of nitrogens with one attached hydrogen (secondary N) is 2. The highest BCUT2D eigenvalue weighted by Crippen LogP contribution is 2.39. The summed E-state index contributed by atoms with van der Waals surface area (Å²) in [5.41, 5.74) is 0.454. The van der Waals surface area contributed by atoms with Crippen LogP contribution < -0.4 is 10.6 Å². The number of halogens is 1. The molecule has 1 heterocycles. The molecule has 0 spiro atoms. The molecular formula is C27H34FN3O5. The molecule has 36 heavy (non-hydrogen) atoms. The Balaban J connectivity index is 1.92. The number of carbonyl (C=O) groups is 4. The number of aryl methyl sites for hydroxylation is 1. The Labute approximate surface area is 210 Å². The van der Waals surface area contributed by atoms with Gasteiger partial charge in [0, 0.05) is 41.4 Å². The number of nitrogens with zero attached hydrogens (tertiary/aromatic N) is 1. The van der Waals surface area contributed by atoms with E-state index in [-0.39, 0.29) is 17.7 Å². The summed E-state index contributed by atoms with van der Waals surface area (Å²) in [5.74, 6) is -2.84. The molecule has 1 aromatic carbocycles. The summed E-state index contributed by atoms with van der Waals surface area (Å²) in [5, 5.41) is 5.41. The molecule has 0 saturated carbocycles. The van der Waals surface area contributed by atoms with Crippen molar-refractivity contribution in [2.75, 3.05) is 18.4 Å². The Morgan fingerprint density at radius 2 is 1.75 bits per heavy atom. The van der Waals surface area contributed by atoms with Crippen LogP contribution in [0.2, 0.25) is 0 Å². The third-order valence-corrected chi connectivity index (χ3v) is 5.76. The molecule has 1 aliphatic carbocycles. The van der Waals surface area contributed by atoms with E-state index in [0.717, 1.165) is 0 Å². The van der Waals surface area contributed by atoms with Gasteiger partial charge in [-0.1, -0.05) is 0 Å². The zero-order valence-electron chi connectivity index (χ0n) is 21.9. The molecule has 2 N–H and O–H groups in total. The molecule has 1 aliphatic heterocycles. The molecule has 2 aliphatic rings. The molecule has 0 radical (unpaired) electrons. The second-order valence-electron chi connectivity index (χ2n) is 11.2. The Hall–Kier alpha value is -3.49. The first-order valence-electron chi connectivity index (χ1n) is 11.9. The molecule has 1 fully saturated rings. The van der Waals surface area contributed by atoms with E-state index in [2.05, 4.69) is 10.6 Å². The first-order valence-corrected chi connectivity index (χ1v) is 11.9. The lowest BCUT2D eigenvalue weighted by molar-refractivity contribution is -0.137.